The van der Waals surface area contributed by atoms with Crippen LogP contribution in [-0.4, -0.2) is 36.6 Å². The molecular formula is C16H23FN2O3. The molecule has 5 nitrogen and oxygen atoms in total. The molecule has 0 aliphatic rings. The van der Waals surface area contributed by atoms with Crippen LogP contribution in [0.4, 0.5) is 14.9 Å². The molecule has 0 fully saturated rings. The predicted octanol–water partition coefficient (Wildman–Crippen LogP) is 3.27. The van der Waals surface area contributed by atoms with Gasteiger partial charge in [0, 0.05) is 13.1 Å². The normalized spacial score (nSPS) is 10.4. The van der Waals surface area contributed by atoms with Crippen LogP contribution in [0.3, 0.4) is 0 Å². The van der Waals surface area contributed by atoms with E-state index in [-0.39, 0.29) is 30.5 Å². The summed E-state index contributed by atoms with van der Waals surface area (Å²) in [5.74, 6) is -0.616. The summed E-state index contributed by atoms with van der Waals surface area (Å²) in [5.41, 5.74) is 0.123. The van der Waals surface area contributed by atoms with Gasteiger partial charge in [0.2, 0.25) is 0 Å². The third-order valence-electron chi connectivity index (χ3n) is 2.88. The lowest BCUT2D eigenvalue weighted by atomic mass is 10.2. The Bertz CT molecular complexity index is 506. The van der Waals surface area contributed by atoms with Crippen LogP contribution >= 0.6 is 0 Å². The zero-order valence-corrected chi connectivity index (χ0v) is 13.3. The molecule has 0 spiro atoms. The second-order valence-electron chi connectivity index (χ2n) is 5.30. The molecular weight excluding hydrogens is 287 g/mol. The molecule has 1 rings (SSSR count). The van der Waals surface area contributed by atoms with Gasteiger partial charge in [0.05, 0.1) is 18.7 Å². The Kier molecular flexibility index (Phi) is 7.36. The smallest absolute Gasteiger partial charge is 0.321 e. The van der Waals surface area contributed by atoms with E-state index in [1.807, 2.05) is 13.8 Å². The molecule has 122 valence electrons. The van der Waals surface area contributed by atoms with Crippen molar-refractivity contribution in [3.8, 4) is 0 Å². The predicted molar refractivity (Wildman–Crippen MR) is 83.1 cm³/mol. The maximum absolute atomic E-state index is 13.6. The van der Waals surface area contributed by atoms with Crippen molar-refractivity contribution in [1.29, 1.82) is 0 Å². The topological polar surface area (TPSA) is 58.6 Å². The fourth-order valence-corrected chi connectivity index (χ4v) is 1.93. The van der Waals surface area contributed by atoms with Crippen molar-refractivity contribution in [2.45, 2.75) is 27.2 Å². The highest BCUT2D eigenvalue weighted by atomic mass is 19.1. The summed E-state index contributed by atoms with van der Waals surface area (Å²) >= 11 is 0. The van der Waals surface area contributed by atoms with Gasteiger partial charge in [0.15, 0.2) is 0 Å². The fourth-order valence-electron chi connectivity index (χ4n) is 1.93. The number of para-hydroxylation sites is 1. The number of nitrogens with zero attached hydrogens (tertiary/aromatic N) is 1. The van der Waals surface area contributed by atoms with Crippen LogP contribution in [0, 0.1) is 11.7 Å². The Labute approximate surface area is 130 Å². The third kappa shape index (κ3) is 6.11. The Morgan fingerprint density at radius 2 is 2.00 bits per heavy atom. The van der Waals surface area contributed by atoms with E-state index in [1.54, 1.807) is 19.1 Å². The number of esters is 1. The molecule has 1 aromatic rings. The number of halogens is 1. The number of amides is 2. The van der Waals surface area contributed by atoms with Crippen molar-refractivity contribution in [2.75, 3.05) is 25.0 Å². The quantitative estimate of drug-likeness (QED) is 0.786. The number of ether oxygens (including phenoxy) is 1. The molecule has 0 bridgehead atoms. The van der Waals surface area contributed by atoms with Gasteiger partial charge in [-0.3, -0.25) is 4.79 Å². The number of urea groups is 1. The van der Waals surface area contributed by atoms with Crippen LogP contribution in [-0.2, 0) is 9.53 Å². The Balaban J connectivity index is 2.67. The summed E-state index contributed by atoms with van der Waals surface area (Å²) in [7, 11) is 0. The number of anilines is 1. The lowest BCUT2D eigenvalue weighted by Crippen LogP contribution is -2.39. The highest BCUT2D eigenvalue weighted by Crippen LogP contribution is 2.14. The van der Waals surface area contributed by atoms with Crippen LogP contribution in [0.15, 0.2) is 24.3 Å². The highest BCUT2D eigenvalue weighted by molar-refractivity contribution is 5.89. The summed E-state index contributed by atoms with van der Waals surface area (Å²) in [6.07, 6.45) is 0.116. The number of hydrogen-bond donors (Lipinski definition) is 1. The molecule has 0 aromatic heterocycles. The van der Waals surface area contributed by atoms with E-state index in [0.29, 0.717) is 13.2 Å². The minimum Gasteiger partial charge on any atom is -0.466 e. The van der Waals surface area contributed by atoms with E-state index in [0.717, 1.165) is 0 Å². The molecule has 2 amide bonds. The Hall–Kier alpha value is -2.11. The van der Waals surface area contributed by atoms with Gasteiger partial charge in [-0.1, -0.05) is 26.0 Å². The van der Waals surface area contributed by atoms with Crippen LogP contribution in [0.2, 0.25) is 0 Å². The van der Waals surface area contributed by atoms with Crippen LogP contribution in [0.1, 0.15) is 27.2 Å². The first-order chi connectivity index (χ1) is 10.4. The molecule has 0 saturated carbocycles. The maximum atomic E-state index is 13.6. The summed E-state index contributed by atoms with van der Waals surface area (Å²) < 4.78 is 18.4. The molecule has 0 aliphatic heterocycles. The highest BCUT2D eigenvalue weighted by Gasteiger charge is 2.17. The number of hydrogen-bond acceptors (Lipinski definition) is 3. The van der Waals surface area contributed by atoms with Crippen molar-refractivity contribution in [3.05, 3.63) is 30.1 Å². The average molecular weight is 310 g/mol. The van der Waals surface area contributed by atoms with Crippen molar-refractivity contribution >= 4 is 17.7 Å². The first-order valence-electron chi connectivity index (χ1n) is 7.40. The molecule has 0 unspecified atom stereocenters. The number of carbonyl (C=O) groups is 2. The molecule has 0 atom stereocenters. The first-order valence-corrected chi connectivity index (χ1v) is 7.40. The van der Waals surface area contributed by atoms with Gasteiger partial charge in [-0.25, -0.2) is 9.18 Å². The molecule has 0 radical (unpaired) electrons. The fraction of sp³-hybridized carbons (Fsp3) is 0.500. The van der Waals surface area contributed by atoms with Crippen LogP contribution < -0.4 is 5.32 Å². The van der Waals surface area contributed by atoms with Crippen molar-refractivity contribution < 1.29 is 18.7 Å². The number of carbonyl (C=O) groups excluding carboxylic acids is 2. The lowest BCUT2D eigenvalue weighted by molar-refractivity contribution is -0.143. The Morgan fingerprint density at radius 3 is 2.59 bits per heavy atom. The summed E-state index contributed by atoms with van der Waals surface area (Å²) in [6.45, 7) is 6.68. The van der Waals surface area contributed by atoms with Gasteiger partial charge < -0.3 is 15.0 Å². The SMILES string of the molecule is CCOC(=O)CCN(CC(C)C)C(=O)Nc1ccccc1F. The van der Waals surface area contributed by atoms with Crippen molar-refractivity contribution in [2.24, 2.45) is 5.92 Å². The van der Waals surface area contributed by atoms with Crippen LogP contribution in [0.5, 0.6) is 0 Å². The van der Waals surface area contributed by atoms with E-state index in [2.05, 4.69) is 5.32 Å². The molecule has 0 saturated heterocycles. The standard InChI is InChI=1S/C16H23FN2O3/c1-4-22-15(20)9-10-19(11-12(2)3)16(21)18-14-8-6-5-7-13(14)17/h5-8,12H,4,9-11H2,1-3H3,(H,18,21). The van der Waals surface area contributed by atoms with Crippen LogP contribution in [0.25, 0.3) is 0 Å². The van der Waals surface area contributed by atoms with Gasteiger partial charge in [-0.05, 0) is 25.0 Å². The molecule has 22 heavy (non-hydrogen) atoms. The maximum Gasteiger partial charge on any atom is 0.321 e. The Morgan fingerprint density at radius 1 is 1.32 bits per heavy atom. The van der Waals surface area contributed by atoms with E-state index in [4.69, 9.17) is 4.74 Å². The van der Waals surface area contributed by atoms with E-state index in [1.165, 1.54) is 17.0 Å². The van der Waals surface area contributed by atoms with Gasteiger partial charge >= 0.3 is 12.0 Å². The van der Waals surface area contributed by atoms with E-state index < -0.39 is 11.8 Å². The molecule has 6 heteroatoms. The average Bonchev–Trinajstić information content (AvgIpc) is 2.45. The number of benzene rings is 1. The van der Waals surface area contributed by atoms with E-state index >= 15 is 0 Å². The first kappa shape index (κ1) is 17.9. The zero-order valence-electron chi connectivity index (χ0n) is 13.3. The lowest BCUT2D eigenvalue weighted by Gasteiger charge is -2.24. The van der Waals surface area contributed by atoms with Gasteiger partial charge in [0.25, 0.3) is 0 Å². The minimum atomic E-state index is -0.495. The third-order valence-corrected chi connectivity index (χ3v) is 2.88. The number of nitrogens with one attached hydrogen (secondary N) is 1. The second kappa shape index (κ2) is 9.02. The summed E-state index contributed by atoms with van der Waals surface area (Å²) in [4.78, 5) is 25.2. The minimum absolute atomic E-state index is 0.116. The van der Waals surface area contributed by atoms with Crippen molar-refractivity contribution in [3.63, 3.8) is 0 Å². The summed E-state index contributed by atoms with van der Waals surface area (Å²) in [6, 6.07) is 5.54. The summed E-state index contributed by atoms with van der Waals surface area (Å²) in [5, 5.41) is 2.53. The molecule has 0 aliphatic carbocycles. The molecule has 1 N–H and O–H groups in total. The van der Waals surface area contributed by atoms with Gasteiger partial charge in [-0.15, -0.1) is 0 Å². The van der Waals surface area contributed by atoms with E-state index in [9.17, 15) is 14.0 Å². The monoisotopic (exact) mass is 310 g/mol. The second-order valence-corrected chi connectivity index (χ2v) is 5.30. The van der Waals surface area contributed by atoms with Gasteiger partial charge in [0.1, 0.15) is 5.82 Å². The molecule has 1 aromatic carbocycles. The van der Waals surface area contributed by atoms with Gasteiger partial charge in [-0.2, -0.15) is 0 Å². The van der Waals surface area contributed by atoms with Crippen molar-refractivity contribution in [1.82, 2.24) is 4.90 Å². The molecule has 0 heterocycles. The zero-order chi connectivity index (χ0) is 16.5. The largest absolute Gasteiger partial charge is 0.466 e. The number of rotatable bonds is 7.